The number of carbonyl (C=O) groups is 1. The summed E-state index contributed by atoms with van der Waals surface area (Å²) in [7, 11) is 0. The van der Waals surface area contributed by atoms with Crippen molar-refractivity contribution in [2.24, 2.45) is 0 Å². The summed E-state index contributed by atoms with van der Waals surface area (Å²) in [5, 5.41) is 11.0. The first-order chi connectivity index (χ1) is 12.8. The SMILES string of the molecule is O=C(Nc1ccc(Oc2ccc(-n3cccc3)nn2)cc1)c1ccoc1. The van der Waals surface area contributed by atoms with Gasteiger partial charge >= 0.3 is 0 Å². The number of nitrogens with one attached hydrogen (secondary N) is 1. The van der Waals surface area contributed by atoms with E-state index in [9.17, 15) is 4.79 Å². The van der Waals surface area contributed by atoms with E-state index in [2.05, 4.69) is 15.5 Å². The van der Waals surface area contributed by atoms with E-state index in [0.717, 1.165) is 0 Å². The quantitative estimate of drug-likeness (QED) is 0.592. The molecule has 3 aromatic heterocycles. The monoisotopic (exact) mass is 346 g/mol. The number of rotatable bonds is 5. The van der Waals surface area contributed by atoms with Crippen molar-refractivity contribution in [3.8, 4) is 17.4 Å². The zero-order valence-corrected chi connectivity index (χ0v) is 13.6. The number of anilines is 1. The number of hydrogen-bond donors (Lipinski definition) is 1. The first kappa shape index (κ1) is 15.6. The molecule has 128 valence electrons. The molecular weight excluding hydrogens is 332 g/mol. The Morgan fingerprint density at radius 2 is 1.81 bits per heavy atom. The van der Waals surface area contributed by atoms with E-state index in [0.29, 0.717) is 28.7 Å². The van der Waals surface area contributed by atoms with Gasteiger partial charge in [0, 0.05) is 24.1 Å². The molecule has 0 saturated carbocycles. The van der Waals surface area contributed by atoms with Gasteiger partial charge in [-0.05, 0) is 48.5 Å². The minimum absolute atomic E-state index is 0.237. The van der Waals surface area contributed by atoms with Gasteiger partial charge in [0.2, 0.25) is 5.88 Å². The van der Waals surface area contributed by atoms with Crippen molar-refractivity contribution in [2.75, 3.05) is 5.32 Å². The lowest BCUT2D eigenvalue weighted by molar-refractivity contribution is 0.102. The molecule has 1 amide bonds. The third-order valence-corrected chi connectivity index (χ3v) is 3.61. The van der Waals surface area contributed by atoms with Gasteiger partial charge in [0.05, 0.1) is 11.8 Å². The van der Waals surface area contributed by atoms with Gasteiger partial charge in [-0.2, -0.15) is 0 Å². The maximum Gasteiger partial charge on any atom is 0.258 e. The van der Waals surface area contributed by atoms with Crippen LogP contribution in [0.2, 0.25) is 0 Å². The molecule has 0 saturated heterocycles. The van der Waals surface area contributed by atoms with Crippen molar-refractivity contribution >= 4 is 11.6 Å². The van der Waals surface area contributed by atoms with E-state index in [-0.39, 0.29) is 5.91 Å². The van der Waals surface area contributed by atoms with Crippen LogP contribution in [0.4, 0.5) is 5.69 Å². The maximum atomic E-state index is 12.0. The molecule has 0 unspecified atom stereocenters. The lowest BCUT2D eigenvalue weighted by atomic mass is 10.2. The maximum absolute atomic E-state index is 12.0. The number of amides is 1. The highest BCUT2D eigenvalue weighted by Gasteiger charge is 2.07. The van der Waals surface area contributed by atoms with Gasteiger partial charge in [-0.15, -0.1) is 10.2 Å². The van der Waals surface area contributed by atoms with Crippen LogP contribution in [0.15, 0.2) is 83.9 Å². The van der Waals surface area contributed by atoms with Gasteiger partial charge in [-0.25, -0.2) is 0 Å². The molecule has 0 aliphatic heterocycles. The van der Waals surface area contributed by atoms with E-state index in [4.69, 9.17) is 9.15 Å². The average Bonchev–Trinajstić information content (AvgIpc) is 3.38. The Labute approximate surface area is 148 Å². The van der Waals surface area contributed by atoms with Crippen LogP contribution in [0.5, 0.6) is 11.6 Å². The predicted molar refractivity (Wildman–Crippen MR) is 94.5 cm³/mol. The number of furan rings is 1. The Balaban J connectivity index is 1.40. The number of aromatic nitrogens is 3. The summed E-state index contributed by atoms with van der Waals surface area (Å²) in [6.45, 7) is 0. The van der Waals surface area contributed by atoms with Crippen molar-refractivity contribution in [1.82, 2.24) is 14.8 Å². The first-order valence-corrected chi connectivity index (χ1v) is 7.86. The third-order valence-electron chi connectivity index (χ3n) is 3.61. The molecule has 1 aromatic carbocycles. The van der Waals surface area contributed by atoms with E-state index < -0.39 is 0 Å². The number of ether oxygens (including phenoxy) is 1. The minimum atomic E-state index is -0.237. The second-order valence-corrected chi connectivity index (χ2v) is 5.41. The normalized spacial score (nSPS) is 10.5. The molecule has 0 spiro atoms. The largest absolute Gasteiger partial charge is 0.472 e. The van der Waals surface area contributed by atoms with Crippen molar-refractivity contribution in [2.45, 2.75) is 0 Å². The molecular formula is C19H14N4O3. The molecule has 0 atom stereocenters. The van der Waals surface area contributed by atoms with E-state index >= 15 is 0 Å². The number of nitrogens with zero attached hydrogens (tertiary/aromatic N) is 3. The molecule has 0 aliphatic rings. The number of carbonyl (C=O) groups excluding carboxylic acids is 1. The van der Waals surface area contributed by atoms with Crippen LogP contribution in [0.3, 0.4) is 0 Å². The molecule has 26 heavy (non-hydrogen) atoms. The molecule has 7 heteroatoms. The zero-order chi connectivity index (χ0) is 17.8. The fourth-order valence-electron chi connectivity index (χ4n) is 2.32. The summed E-state index contributed by atoms with van der Waals surface area (Å²) in [4.78, 5) is 12.0. The van der Waals surface area contributed by atoms with E-state index in [1.807, 2.05) is 35.2 Å². The van der Waals surface area contributed by atoms with Crippen LogP contribution in [-0.2, 0) is 0 Å². The van der Waals surface area contributed by atoms with Crippen LogP contribution in [-0.4, -0.2) is 20.7 Å². The summed E-state index contributed by atoms with van der Waals surface area (Å²) in [6.07, 6.45) is 6.62. The lowest BCUT2D eigenvalue weighted by Crippen LogP contribution is -2.10. The van der Waals surface area contributed by atoms with Gasteiger partial charge in [0.25, 0.3) is 5.91 Å². The minimum Gasteiger partial charge on any atom is -0.472 e. The van der Waals surface area contributed by atoms with Crippen LogP contribution in [0, 0.1) is 0 Å². The van der Waals surface area contributed by atoms with Crippen LogP contribution in [0.1, 0.15) is 10.4 Å². The van der Waals surface area contributed by atoms with E-state index in [1.54, 1.807) is 36.4 Å². The summed E-state index contributed by atoms with van der Waals surface area (Å²) >= 11 is 0. The van der Waals surface area contributed by atoms with Crippen molar-refractivity contribution in [1.29, 1.82) is 0 Å². The molecule has 0 bridgehead atoms. The van der Waals surface area contributed by atoms with E-state index in [1.165, 1.54) is 12.5 Å². The Bertz CT molecular complexity index is 976. The topological polar surface area (TPSA) is 82.2 Å². The lowest BCUT2D eigenvalue weighted by Gasteiger charge is -2.07. The van der Waals surface area contributed by atoms with Crippen LogP contribution >= 0.6 is 0 Å². The second-order valence-electron chi connectivity index (χ2n) is 5.41. The first-order valence-electron chi connectivity index (χ1n) is 7.86. The molecule has 4 aromatic rings. The molecule has 0 fully saturated rings. The smallest absolute Gasteiger partial charge is 0.258 e. The van der Waals surface area contributed by atoms with Crippen LogP contribution < -0.4 is 10.1 Å². The van der Waals surface area contributed by atoms with Gasteiger partial charge in [-0.1, -0.05) is 0 Å². The van der Waals surface area contributed by atoms with Crippen LogP contribution in [0.25, 0.3) is 5.82 Å². The van der Waals surface area contributed by atoms with Gasteiger partial charge in [0.15, 0.2) is 5.82 Å². The molecule has 0 radical (unpaired) electrons. The highest BCUT2D eigenvalue weighted by molar-refractivity contribution is 6.03. The van der Waals surface area contributed by atoms with Gasteiger partial charge < -0.3 is 19.0 Å². The number of benzene rings is 1. The predicted octanol–water partition coefficient (Wildman–Crippen LogP) is 3.90. The molecule has 7 nitrogen and oxygen atoms in total. The zero-order valence-electron chi connectivity index (χ0n) is 13.6. The Kier molecular flexibility index (Phi) is 4.17. The standard InChI is InChI=1S/C19H14N4O3/c24-19(14-9-12-25-13-14)20-15-3-5-16(6-4-15)26-18-8-7-17(21-22-18)23-10-1-2-11-23/h1-13H,(H,20,24). The fourth-order valence-corrected chi connectivity index (χ4v) is 2.32. The van der Waals surface area contributed by atoms with Gasteiger partial charge in [0.1, 0.15) is 12.0 Å². The Hall–Kier alpha value is -3.87. The molecule has 0 aliphatic carbocycles. The second kappa shape index (κ2) is 6.94. The van der Waals surface area contributed by atoms with Crippen molar-refractivity contribution in [3.63, 3.8) is 0 Å². The highest BCUT2D eigenvalue weighted by Crippen LogP contribution is 2.22. The summed E-state index contributed by atoms with van der Waals surface area (Å²) in [6, 6.07) is 16.0. The van der Waals surface area contributed by atoms with Crippen molar-refractivity contribution < 1.29 is 13.9 Å². The summed E-state index contributed by atoms with van der Waals surface area (Å²) in [5.74, 6) is 1.45. The molecule has 4 rings (SSSR count). The Morgan fingerprint density at radius 3 is 2.46 bits per heavy atom. The Morgan fingerprint density at radius 1 is 1.00 bits per heavy atom. The average molecular weight is 346 g/mol. The summed E-state index contributed by atoms with van der Waals surface area (Å²) in [5.41, 5.74) is 1.11. The van der Waals surface area contributed by atoms with Gasteiger partial charge in [-0.3, -0.25) is 4.79 Å². The highest BCUT2D eigenvalue weighted by atomic mass is 16.5. The third kappa shape index (κ3) is 3.46. The summed E-state index contributed by atoms with van der Waals surface area (Å²) < 4.78 is 12.4. The molecule has 1 N–H and O–H groups in total. The van der Waals surface area contributed by atoms with Crippen molar-refractivity contribution in [3.05, 3.63) is 85.1 Å². The fraction of sp³-hybridized carbons (Fsp3) is 0. The molecule has 3 heterocycles. The number of hydrogen-bond acceptors (Lipinski definition) is 5.